The van der Waals surface area contributed by atoms with Crippen molar-refractivity contribution in [1.29, 1.82) is 0 Å². The normalized spacial score (nSPS) is 18.0. The fraction of sp³-hybridized carbons (Fsp3) is 0.350. The molecular formula is C20H23BFNO3. The molecule has 0 aliphatic carbocycles. The van der Waals surface area contributed by atoms with Gasteiger partial charge in [0.15, 0.2) is 0 Å². The smallest absolute Gasteiger partial charge is 0.399 e. The Balaban J connectivity index is 1.84. The Morgan fingerprint density at radius 3 is 2.15 bits per heavy atom. The summed E-state index contributed by atoms with van der Waals surface area (Å²) in [6, 6.07) is 11.1. The molecule has 1 heterocycles. The number of nitrogens with one attached hydrogen (secondary N) is 1. The van der Waals surface area contributed by atoms with Crippen LogP contribution >= 0.6 is 0 Å². The van der Waals surface area contributed by atoms with E-state index in [1.165, 1.54) is 24.3 Å². The summed E-state index contributed by atoms with van der Waals surface area (Å²) in [5.41, 5.74) is 1.95. The first-order valence-corrected chi connectivity index (χ1v) is 8.63. The summed E-state index contributed by atoms with van der Waals surface area (Å²) < 4.78 is 25.3. The highest BCUT2D eigenvalue weighted by Crippen LogP contribution is 2.37. The molecule has 0 spiro atoms. The zero-order valence-electron chi connectivity index (χ0n) is 15.7. The maximum Gasteiger partial charge on any atom is 0.495 e. The maximum absolute atomic E-state index is 13.0. The summed E-state index contributed by atoms with van der Waals surface area (Å²) in [5, 5.41) is 2.88. The van der Waals surface area contributed by atoms with Gasteiger partial charge in [-0.2, -0.15) is 0 Å². The molecule has 26 heavy (non-hydrogen) atoms. The molecule has 4 nitrogen and oxygen atoms in total. The van der Waals surface area contributed by atoms with E-state index in [1.54, 1.807) is 0 Å². The van der Waals surface area contributed by atoms with Gasteiger partial charge in [0.1, 0.15) is 5.82 Å². The number of anilines is 1. The van der Waals surface area contributed by atoms with E-state index in [0.717, 1.165) is 11.0 Å². The first-order chi connectivity index (χ1) is 12.1. The van der Waals surface area contributed by atoms with Crippen molar-refractivity contribution in [3.63, 3.8) is 0 Å². The van der Waals surface area contributed by atoms with Crippen molar-refractivity contribution in [2.75, 3.05) is 5.32 Å². The molecule has 1 N–H and O–H groups in total. The average molecular weight is 355 g/mol. The van der Waals surface area contributed by atoms with Crippen LogP contribution in [-0.2, 0) is 9.31 Å². The Hall–Kier alpha value is -2.18. The minimum Gasteiger partial charge on any atom is -0.399 e. The molecule has 1 amide bonds. The maximum atomic E-state index is 13.0. The van der Waals surface area contributed by atoms with Gasteiger partial charge in [-0.25, -0.2) is 4.39 Å². The van der Waals surface area contributed by atoms with Gasteiger partial charge in [-0.15, -0.1) is 0 Å². The fourth-order valence-electron chi connectivity index (χ4n) is 2.81. The highest BCUT2D eigenvalue weighted by Gasteiger charge is 2.52. The van der Waals surface area contributed by atoms with Gasteiger partial charge >= 0.3 is 7.12 Å². The summed E-state index contributed by atoms with van der Waals surface area (Å²) in [6.07, 6.45) is 0. The molecule has 1 saturated heterocycles. The number of benzene rings is 2. The lowest BCUT2D eigenvalue weighted by atomic mass is 9.76. The third-order valence-corrected chi connectivity index (χ3v) is 5.24. The van der Waals surface area contributed by atoms with Crippen LogP contribution in [0.4, 0.5) is 10.1 Å². The van der Waals surface area contributed by atoms with E-state index in [1.807, 2.05) is 52.8 Å². The zero-order chi connectivity index (χ0) is 19.1. The molecule has 1 aliphatic rings. The lowest BCUT2D eigenvalue weighted by Crippen LogP contribution is -2.41. The highest BCUT2D eigenvalue weighted by atomic mass is 19.1. The van der Waals surface area contributed by atoms with E-state index in [0.29, 0.717) is 11.3 Å². The van der Waals surface area contributed by atoms with E-state index in [2.05, 4.69) is 5.32 Å². The van der Waals surface area contributed by atoms with Crippen molar-refractivity contribution in [2.45, 2.75) is 45.8 Å². The summed E-state index contributed by atoms with van der Waals surface area (Å²) >= 11 is 0. The second-order valence-electron chi connectivity index (χ2n) is 7.57. The Kier molecular flexibility index (Phi) is 4.67. The lowest BCUT2D eigenvalue weighted by Gasteiger charge is -2.32. The van der Waals surface area contributed by atoms with Gasteiger partial charge in [-0.05, 0) is 76.0 Å². The molecule has 1 aliphatic heterocycles. The molecular weight excluding hydrogens is 332 g/mol. The van der Waals surface area contributed by atoms with Crippen molar-refractivity contribution in [2.24, 2.45) is 0 Å². The van der Waals surface area contributed by atoms with E-state index in [4.69, 9.17) is 9.31 Å². The van der Waals surface area contributed by atoms with E-state index < -0.39 is 18.3 Å². The van der Waals surface area contributed by atoms with Crippen molar-refractivity contribution in [3.05, 3.63) is 59.4 Å². The van der Waals surface area contributed by atoms with Gasteiger partial charge in [0.2, 0.25) is 0 Å². The SMILES string of the molecule is Cc1c(NC(=O)c2ccc(F)cc2)cccc1B1OC(C)(C)C(C)(C)O1. The molecule has 2 aromatic carbocycles. The summed E-state index contributed by atoms with van der Waals surface area (Å²) in [6.45, 7) is 9.93. The Morgan fingerprint density at radius 2 is 1.58 bits per heavy atom. The number of hydrogen-bond donors (Lipinski definition) is 1. The Labute approximate surface area is 153 Å². The Morgan fingerprint density at radius 1 is 1.00 bits per heavy atom. The van der Waals surface area contributed by atoms with Crippen LogP contribution in [0.5, 0.6) is 0 Å². The molecule has 0 atom stereocenters. The number of halogens is 1. The van der Waals surface area contributed by atoms with Crippen LogP contribution in [0, 0.1) is 12.7 Å². The number of hydrogen-bond acceptors (Lipinski definition) is 3. The zero-order valence-corrected chi connectivity index (χ0v) is 15.7. The molecule has 2 aromatic rings. The summed E-state index contributed by atoms with van der Waals surface area (Å²) in [4.78, 5) is 12.4. The average Bonchev–Trinajstić information content (AvgIpc) is 2.77. The minimum absolute atomic E-state index is 0.292. The number of carbonyl (C=O) groups excluding carboxylic acids is 1. The van der Waals surface area contributed by atoms with Crippen LogP contribution < -0.4 is 10.8 Å². The van der Waals surface area contributed by atoms with Gasteiger partial charge in [-0.3, -0.25) is 4.79 Å². The number of amides is 1. The second kappa shape index (κ2) is 6.52. The first-order valence-electron chi connectivity index (χ1n) is 8.63. The summed E-state index contributed by atoms with van der Waals surface area (Å²) in [7, 11) is -0.498. The van der Waals surface area contributed by atoms with E-state index >= 15 is 0 Å². The van der Waals surface area contributed by atoms with Crippen molar-refractivity contribution in [1.82, 2.24) is 0 Å². The Bertz CT molecular complexity index is 817. The predicted octanol–water partition coefficient (Wildman–Crippen LogP) is 3.69. The molecule has 0 radical (unpaired) electrons. The molecule has 3 rings (SSSR count). The van der Waals surface area contributed by atoms with Gasteiger partial charge in [0.05, 0.1) is 11.2 Å². The van der Waals surface area contributed by atoms with Crippen LogP contribution in [0.1, 0.15) is 43.6 Å². The standard InChI is InChI=1S/C20H23BFNO3/c1-13-16(21-25-19(2,3)20(4,5)26-21)7-6-8-17(13)23-18(24)14-9-11-15(22)12-10-14/h6-12H,1-5H3,(H,23,24). The van der Waals surface area contributed by atoms with Crippen LogP contribution in [0.25, 0.3) is 0 Å². The fourth-order valence-corrected chi connectivity index (χ4v) is 2.81. The topological polar surface area (TPSA) is 47.6 Å². The highest BCUT2D eigenvalue weighted by molar-refractivity contribution is 6.62. The van der Waals surface area contributed by atoms with Gasteiger partial charge in [0.25, 0.3) is 5.91 Å². The predicted molar refractivity (Wildman–Crippen MR) is 101 cm³/mol. The third kappa shape index (κ3) is 3.39. The first kappa shape index (κ1) is 18.6. The van der Waals surface area contributed by atoms with Gasteiger partial charge in [-0.1, -0.05) is 12.1 Å². The largest absolute Gasteiger partial charge is 0.495 e. The molecule has 136 valence electrons. The molecule has 6 heteroatoms. The van der Waals surface area contributed by atoms with Gasteiger partial charge in [0, 0.05) is 11.3 Å². The monoisotopic (exact) mass is 355 g/mol. The number of rotatable bonds is 3. The molecule has 0 saturated carbocycles. The lowest BCUT2D eigenvalue weighted by molar-refractivity contribution is 0.00578. The van der Waals surface area contributed by atoms with Crippen LogP contribution in [0.15, 0.2) is 42.5 Å². The van der Waals surface area contributed by atoms with Crippen LogP contribution in [0.3, 0.4) is 0 Å². The van der Waals surface area contributed by atoms with Crippen molar-refractivity contribution < 1.29 is 18.5 Å². The second-order valence-corrected chi connectivity index (χ2v) is 7.57. The van der Waals surface area contributed by atoms with Crippen LogP contribution in [-0.4, -0.2) is 24.2 Å². The molecule has 1 fully saturated rings. The molecule has 0 bridgehead atoms. The number of carbonyl (C=O) groups is 1. The van der Waals surface area contributed by atoms with Gasteiger partial charge < -0.3 is 14.6 Å². The molecule has 0 aromatic heterocycles. The molecule has 0 unspecified atom stereocenters. The van der Waals surface area contributed by atoms with Crippen molar-refractivity contribution >= 4 is 24.2 Å². The summed E-state index contributed by atoms with van der Waals surface area (Å²) in [5.74, 6) is -0.667. The third-order valence-electron chi connectivity index (χ3n) is 5.24. The van der Waals surface area contributed by atoms with E-state index in [9.17, 15) is 9.18 Å². The van der Waals surface area contributed by atoms with Crippen LogP contribution in [0.2, 0.25) is 0 Å². The van der Waals surface area contributed by atoms with E-state index in [-0.39, 0.29) is 11.7 Å². The minimum atomic E-state index is -0.498. The van der Waals surface area contributed by atoms with Crippen molar-refractivity contribution in [3.8, 4) is 0 Å². The quantitative estimate of drug-likeness (QED) is 0.855.